The van der Waals surface area contributed by atoms with E-state index in [1.807, 2.05) is 11.8 Å². The molecule has 1 aliphatic rings. The highest BCUT2D eigenvalue weighted by Gasteiger charge is 2.36. The number of hydrogen-bond donors (Lipinski definition) is 0. The minimum absolute atomic E-state index is 0.0251. The molecule has 0 bridgehead atoms. The predicted molar refractivity (Wildman–Crippen MR) is 52.9 cm³/mol. The van der Waals surface area contributed by atoms with Crippen LogP contribution in [0.2, 0.25) is 0 Å². The predicted octanol–water partition coefficient (Wildman–Crippen LogP) is 2.55. The first-order valence-corrected chi connectivity index (χ1v) is 5.79. The van der Waals surface area contributed by atoms with E-state index < -0.39 is 0 Å². The normalized spacial score (nSPS) is 28.2. The highest BCUT2D eigenvalue weighted by Crippen LogP contribution is 2.45. The Balaban J connectivity index is 2.23. The summed E-state index contributed by atoms with van der Waals surface area (Å²) < 4.78 is 5.47. The van der Waals surface area contributed by atoms with Gasteiger partial charge in [-0.3, -0.25) is 0 Å². The van der Waals surface area contributed by atoms with Gasteiger partial charge in [0.05, 0.1) is 4.75 Å². The maximum Gasteiger partial charge on any atom is 0.232 e. The Morgan fingerprint density at radius 3 is 3.00 bits per heavy atom. The average molecular weight is 219 g/mol. The molecule has 0 saturated carbocycles. The fraction of sp³-hybridized carbons (Fsp3) is 0.750. The van der Waals surface area contributed by atoms with E-state index in [1.54, 1.807) is 0 Å². The SMILES string of the molecule is CC1(c2nnc(CCl)o2)CCCS1. The van der Waals surface area contributed by atoms with E-state index >= 15 is 0 Å². The van der Waals surface area contributed by atoms with Gasteiger partial charge in [0.2, 0.25) is 11.8 Å². The summed E-state index contributed by atoms with van der Waals surface area (Å²) in [4.78, 5) is 0. The van der Waals surface area contributed by atoms with Crippen LogP contribution in [0.25, 0.3) is 0 Å². The Morgan fingerprint density at radius 1 is 1.62 bits per heavy atom. The zero-order valence-electron chi connectivity index (χ0n) is 7.42. The van der Waals surface area contributed by atoms with Crippen molar-refractivity contribution in [1.29, 1.82) is 0 Å². The Labute approximate surface area is 86.2 Å². The van der Waals surface area contributed by atoms with E-state index in [0.717, 1.165) is 12.3 Å². The minimum Gasteiger partial charge on any atom is -0.422 e. The van der Waals surface area contributed by atoms with Crippen LogP contribution in [0.15, 0.2) is 4.42 Å². The lowest BCUT2D eigenvalue weighted by Gasteiger charge is -2.16. The maximum atomic E-state index is 5.59. The summed E-state index contributed by atoms with van der Waals surface area (Å²) in [6.07, 6.45) is 2.33. The fourth-order valence-electron chi connectivity index (χ4n) is 1.47. The van der Waals surface area contributed by atoms with Crippen molar-refractivity contribution in [3.63, 3.8) is 0 Å². The van der Waals surface area contributed by atoms with Crippen molar-refractivity contribution in [3.05, 3.63) is 11.8 Å². The van der Waals surface area contributed by atoms with Crippen molar-refractivity contribution in [2.75, 3.05) is 5.75 Å². The monoisotopic (exact) mass is 218 g/mol. The molecule has 3 nitrogen and oxygen atoms in total. The van der Waals surface area contributed by atoms with Gasteiger partial charge >= 0.3 is 0 Å². The lowest BCUT2D eigenvalue weighted by molar-refractivity contribution is 0.410. The van der Waals surface area contributed by atoms with Crippen molar-refractivity contribution in [1.82, 2.24) is 10.2 Å². The molecule has 5 heteroatoms. The second-order valence-electron chi connectivity index (χ2n) is 3.32. The van der Waals surface area contributed by atoms with Crippen molar-refractivity contribution in [2.24, 2.45) is 0 Å². The van der Waals surface area contributed by atoms with Crippen LogP contribution in [-0.2, 0) is 10.6 Å². The zero-order valence-corrected chi connectivity index (χ0v) is 8.99. The molecule has 1 fully saturated rings. The third kappa shape index (κ3) is 1.70. The first kappa shape index (κ1) is 9.34. The summed E-state index contributed by atoms with van der Waals surface area (Å²) in [6, 6.07) is 0. The van der Waals surface area contributed by atoms with Gasteiger partial charge < -0.3 is 4.42 Å². The quantitative estimate of drug-likeness (QED) is 0.716. The fourth-order valence-corrected chi connectivity index (χ4v) is 2.81. The molecule has 0 amide bonds. The van der Waals surface area contributed by atoms with E-state index in [2.05, 4.69) is 17.1 Å². The minimum atomic E-state index is 0.0251. The van der Waals surface area contributed by atoms with Crippen molar-refractivity contribution >= 4 is 23.4 Å². The van der Waals surface area contributed by atoms with Crippen LogP contribution < -0.4 is 0 Å². The van der Waals surface area contributed by atoms with Gasteiger partial charge in [-0.15, -0.1) is 33.6 Å². The molecule has 72 valence electrons. The first-order chi connectivity index (χ1) is 6.24. The Hall–Kier alpha value is -0.220. The summed E-state index contributed by atoms with van der Waals surface area (Å²) in [5, 5.41) is 7.88. The number of aromatic nitrogens is 2. The van der Waals surface area contributed by atoms with Crippen LogP contribution in [0.1, 0.15) is 31.5 Å². The zero-order chi connectivity index (χ0) is 9.31. The van der Waals surface area contributed by atoms with Gasteiger partial charge in [0.25, 0.3) is 0 Å². The summed E-state index contributed by atoms with van der Waals surface area (Å²) in [5.74, 6) is 2.72. The summed E-state index contributed by atoms with van der Waals surface area (Å²) in [7, 11) is 0. The molecule has 2 heterocycles. The molecule has 13 heavy (non-hydrogen) atoms. The summed E-state index contributed by atoms with van der Waals surface area (Å²) in [6.45, 7) is 2.15. The molecule has 1 atom stereocenters. The van der Waals surface area contributed by atoms with Crippen LogP contribution >= 0.6 is 23.4 Å². The molecule has 1 saturated heterocycles. The Bertz CT molecular complexity index is 296. The van der Waals surface area contributed by atoms with E-state index in [9.17, 15) is 0 Å². The van der Waals surface area contributed by atoms with Crippen LogP contribution in [0.3, 0.4) is 0 Å². The highest BCUT2D eigenvalue weighted by atomic mass is 35.5. The number of halogens is 1. The molecule has 0 aromatic carbocycles. The van der Waals surface area contributed by atoms with Crippen LogP contribution in [0.4, 0.5) is 0 Å². The van der Waals surface area contributed by atoms with Gasteiger partial charge in [-0.1, -0.05) is 0 Å². The van der Waals surface area contributed by atoms with Gasteiger partial charge in [-0.05, 0) is 25.5 Å². The lowest BCUT2D eigenvalue weighted by Crippen LogP contribution is -2.12. The Kier molecular flexibility index (Phi) is 2.51. The van der Waals surface area contributed by atoms with E-state index in [4.69, 9.17) is 16.0 Å². The second kappa shape index (κ2) is 3.50. The molecule has 0 spiro atoms. The van der Waals surface area contributed by atoms with Gasteiger partial charge in [0.1, 0.15) is 5.88 Å². The standard InChI is InChI=1S/C8H11ClN2OS/c1-8(3-2-4-13-8)7-11-10-6(5-9)12-7/h2-5H2,1H3. The van der Waals surface area contributed by atoms with E-state index in [1.165, 1.54) is 12.2 Å². The Morgan fingerprint density at radius 2 is 2.46 bits per heavy atom. The van der Waals surface area contributed by atoms with Crippen LogP contribution in [0.5, 0.6) is 0 Å². The lowest BCUT2D eigenvalue weighted by atomic mass is 10.1. The molecule has 1 aliphatic heterocycles. The van der Waals surface area contributed by atoms with Gasteiger partial charge in [-0.25, -0.2) is 0 Å². The summed E-state index contributed by atoms with van der Waals surface area (Å²) in [5.41, 5.74) is 0. The van der Waals surface area contributed by atoms with Gasteiger partial charge in [0.15, 0.2) is 0 Å². The van der Waals surface area contributed by atoms with Crippen molar-refractivity contribution < 1.29 is 4.42 Å². The molecule has 2 rings (SSSR count). The molecule has 0 radical (unpaired) electrons. The van der Waals surface area contributed by atoms with Gasteiger partial charge in [-0.2, -0.15) is 0 Å². The van der Waals surface area contributed by atoms with Crippen LogP contribution in [-0.4, -0.2) is 16.0 Å². The highest BCUT2D eigenvalue weighted by molar-refractivity contribution is 8.00. The average Bonchev–Trinajstić information content (AvgIpc) is 2.72. The molecule has 0 N–H and O–H groups in total. The third-order valence-corrected chi connectivity index (χ3v) is 3.99. The van der Waals surface area contributed by atoms with Crippen LogP contribution in [0, 0.1) is 0 Å². The number of nitrogens with zero attached hydrogens (tertiary/aromatic N) is 2. The topological polar surface area (TPSA) is 38.9 Å². The molecule has 1 aromatic heterocycles. The van der Waals surface area contributed by atoms with E-state index in [-0.39, 0.29) is 4.75 Å². The largest absolute Gasteiger partial charge is 0.422 e. The number of thioether (sulfide) groups is 1. The molecular weight excluding hydrogens is 208 g/mol. The summed E-state index contributed by atoms with van der Waals surface area (Å²) >= 11 is 7.47. The number of alkyl halides is 1. The third-order valence-electron chi connectivity index (χ3n) is 2.25. The molecule has 1 unspecified atom stereocenters. The maximum absolute atomic E-state index is 5.59. The number of rotatable bonds is 2. The first-order valence-electron chi connectivity index (χ1n) is 4.27. The van der Waals surface area contributed by atoms with Crippen molar-refractivity contribution in [2.45, 2.75) is 30.4 Å². The second-order valence-corrected chi connectivity index (χ2v) is 5.18. The van der Waals surface area contributed by atoms with Gasteiger partial charge in [0, 0.05) is 0 Å². The molecular formula is C8H11ClN2OS. The number of hydrogen-bond acceptors (Lipinski definition) is 4. The van der Waals surface area contributed by atoms with Crippen molar-refractivity contribution in [3.8, 4) is 0 Å². The van der Waals surface area contributed by atoms with E-state index in [0.29, 0.717) is 11.8 Å². The smallest absolute Gasteiger partial charge is 0.232 e. The molecule has 0 aliphatic carbocycles. The molecule has 1 aromatic rings.